The number of esters is 1. The molecule has 0 fully saturated rings. The number of nitrogens with one attached hydrogen (secondary N) is 1. The number of hydrogen-bond acceptors (Lipinski definition) is 7. The van der Waals surface area contributed by atoms with E-state index in [-0.39, 0.29) is 23.3 Å². The van der Waals surface area contributed by atoms with E-state index >= 15 is 0 Å². The van der Waals surface area contributed by atoms with Crippen LogP contribution in [0.1, 0.15) is 48.3 Å². The van der Waals surface area contributed by atoms with Gasteiger partial charge in [0, 0.05) is 51.9 Å². The van der Waals surface area contributed by atoms with Crippen LogP contribution in [-0.4, -0.2) is 43.8 Å². The number of H-pyrrole nitrogens is 1. The first-order chi connectivity index (χ1) is 20.0. The van der Waals surface area contributed by atoms with Crippen LogP contribution in [0.4, 0.5) is 13.2 Å². The number of aryl methyl sites for hydroxylation is 3. The Kier molecular flexibility index (Phi) is 6.78. The standard InChI is InChI=1S/C30H28F3N5O4/c1-5-40-25(39)14-17-6-8-22-23-13-18(7-9-24(23)34-27(17)22)28-35-29(42-37-28)20-10-19(11-21(12-20)41-30(31,32)33)26-15(2)36-38(4)16(26)3/h7,9-13,17,34H,5-6,8,14H2,1-4H3. The van der Waals surface area contributed by atoms with E-state index in [1.165, 1.54) is 12.1 Å². The largest absolute Gasteiger partial charge is 0.573 e. The van der Waals surface area contributed by atoms with Gasteiger partial charge in [-0.2, -0.15) is 10.1 Å². The fourth-order valence-corrected chi connectivity index (χ4v) is 5.82. The molecule has 3 heterocycles. The maximum atomic E-state index is 13.2. The number of benzene rings is 2. The van der Waals surface area contributed by atoms with E-state index in [0.29, 0.717) is 41.2 Å². The van der Waals surface area contributed by atoms with E-state index in [9.17, 15) is 18.0 Å². The van der Waals surface area contributed by atoms with E-state index < -0.39 is 12.1 Å². The highest BCUT2D eigenvalue weighted by atomic mass is 19.4. The van der Waals surface area contributed by atoms with Crippen LogP contribution in [-0.2, 0) is 23.0 Å². The molecule has 12 heteroatoms. The highest BCUT2D eigenvalue weighted by Crippen LogP contribution is 2.41. The molecule has 5 aromatic rings. The van der Waals surface area contributed by atoms with Gasteiger partial charge >= 0.3 is 12.3 Å². The lowest BCUT2D eigenvalue weighted by molar-refractivity contribution is -0.274. The molecule has 0 saturated heterocycles. The third-order valence-electron chi connectivity index (χ3n) is 7.68. The molecule has 1 unspecified atom stereocenters. The molecule has 0 amide bonds. The summed E-state index contributed by atoms with van der Waals surface area (Å²) in [6.45, 7) is 5.77. The van der Waals surface area contributed by atoms with Crippen LogP contribution < -0.4 is 4.74 Å². The van der Waals surface area contributed by atoms with Gasteiger partial charge < -0.3 is 19.0 Å². The van der Waals surface area contributed by atoms with Crippen molar-refractivity contribution in [3.05, 3.63) is 59.0 Å². The second kappa shape index (κ2) is 10.3. The van der Waals surface area contributed by atoms with Crippen molar-refractivity contribution in [3.63, 3.8) is 0 Å². The molecular formula is C30H28F3N5O4. The summed E-state index contributed by atoms with van der Waals surface area (Å²) in [4.78, 5) is 20.1. The van der Waals surface area contributed by atoms with E-state index in [1.54, 1.807) is 31.6 Å². The van der Waals surface area contributed by atoms with Crippen LogP contribution in [0.5, 0.6) is 5.75 Å². The number of rotatable bonds is 7. The quantitative estimate of drug-likeness (QED) is 0.212. The first-order valence-corrected chi connectivity index (χ1v) is 13.6. The van der Waals surface area contributed by atoms with Crippen molar-refractivity contribution in [2.24, 2.45) is 7.05 Å². The maximum Gasteiger partial charge on any atom is 0.573 e. The van der Waals surface area contributed by atoms with Crippen molar-refractivity contribution in [3.8, 4) is 39.7 Å². The summed E-state index contributed by atoms with van der Waals surface area (Å²) in [7, 11) is 1.77. The van der Waals surface area contributed by atoms with E-state index in [1.807, 2.05) is 25.1 Å². The molecule has 0 saturated carbocycles. The third kappa shape index (κ3) is 5.12. The summed E-state index contributed by atoms with van der Waals surface area (Å²) >= 11 is 0. The monoisotopic (exact) mass is 579 g/mol. The normalized spacial score (nSPS) is 14.9. The first-order valence-electron chi connectivity index (χ1n) is 13.6. The summed E-state index contributed by atoms with van der Waals surface area (Å²) in [5.41, 5.74) is 6.71. The van der Waals surface area contributed by atoms with Gasteiger partial charge in [-0.25, -0.2) is 0 Å². The van der Waals surface area contributed by atoms with Crippen molar-refractivity contribution in [1.82, 2.24) is 24.9 Å². The molecule has 218 valence electrons. The Morgan fingerprint density at radius 3 is 2.64 bits per heavy atom. The van der Waals surface area contributed by atoms with Gasteiger partial charge in [-0.3, -0.25) is 9.48 Å². The van der Waals surface area contributed by atoms with Gasteiger partial charge in [0.25, 0.3) is 5.89 Å². The van der Waals surface area contributed by atoms with Crippen LogP contribution in [0, 0.1) is 13.8 Å². The minimum atomic E-state index is -4.88. The van der Waals surface area contributed by atoms with Gasteiger partial charge in [-0.1, -0.05) is 5.16 Å². The lowest BCUT2D eigenvalue weighted by Gasteiger charge is -2.12. The summed E-state index contributed by atoms with van der Waals surface area (Å²) in [6.07, 6.45) is -2.88. The Morgan fingerprint density at radius 2 is 1.93 bits per heavy atom. The van der Waals surface area contributed by atoms with Gasteiger partial charge in [0.15, 0.2) is 0 Å². The van der Waals surface area contributed by atoms with Gasteiger partial charge in [0.1, 0.15) is 5.75 Å². The molecule has 0 bridgehead atoms. The molecule has 0 aliphatic heterocycles. The second-order valence-electron chi connectivity index (χ2n) is 10.4. The highest BCUT2D eigenvalue weighted by molar-refractivity contribution is 5.89. The van der Waals surface area contributed by atoms with E-state index in [4.69, 9.17) is 9.26 Å². The number of hydrogen-bond donors (Lipinski definition) is 1. The zero-order valence-corrected chi connectivity index (χ0v) is 23.4. The molecule has 1 N–H and O–H groups in total. The molecular weight excluding hydrogens is 551 g/mol. The molecule has 6 rings (SSSR count). The molecule has 0 radical (unpaired) electrons. The van der Waals surface area contributed by atoms with Crippen LogP contribution in [0.3, 0.4) is 0 Å². The summed E-state index contributed by atoms with van der Waals surface area (Å²) < 4.78 is 56.2. The minimum absolute atomic E-state index is 0.0481. The minimum Gasteiger partial charge on any atom is -0.466 e. The average molecular weight is 580 g/mol. The number of aromatic nitrogens is 5. The van der Waals surface area contributed by atoms with Crippen LogP contribution >= 0.6 is 0 Å². The number of aromatic amines is 1. The number of carbonyl (C=O) groups excluding carboxylic acids is 1. The van der Waals surface area contributed by atoms with Gasteiger partial charge in [0.2, 0.25) is 5.82 Å². The Hall–Kier alpha value is -4.61. The van der Waals surface area contributed by atoms with E-state index in [0.717, 1.165) is 40.7 Å². The van der Waals surface area contributed by atoms with Gasteiger partial charge in [-0.15, -0.1) is 13.2 Å². The zero-order chi connectivity index (χ0) is 29.8. The van der Waals surface area contributed by atoms with Crippen molar-refractivity contribution >= 4 is 16.9 Å². The van der Waals surface area contributed by atoms with Crippen LogP contribution in [0.25, 0.3) is 44.9 Å². The molecule has 2 aromatic carbocycles. The maximum absolute atomic E-state index is 13.2. The van der Waals surface area contributed by atoms with E-state index in [2.05, 4.69) is 25.0 Å². The zero-order valence-electron chi connectivity index (χ0n) is 23.4. The summed E-state index contributed by atoms with van der Waals surface area (Å²) in [5, 5.41) is 9.52. The Balaban J connectivity index is 1.35. The number of carbonyl (C=O) groups is 1. The molecule has 42 heavy (non-hydrogen) atoms. The molecule has 9 nitrogen and oxygen atoms in total. The third-order valence-corrected chi connectivity index (χ3v) is 7.68. The fourth-order valence-electron chi connectivity index (χ4n) is 5.82. The van der Waals surface area contributed by atoms with Crippen LogP contribution in [0.15, 0.2) is 40.9 Å². The Labute approximate surface area is 238 Å². The SMILES string of the molecule is CCOC(=O)CC1CCc2c1[nH]c1ccc(-c3noc(-c4cc(OC(F)(F)F)cc(-c5c(C)nn(C)c5C)c4)n3)cc21. The number of ether oxygens (including phenoxy) is 2. The predicted molar refractivity (Wildman–Crippen MR) is 148 cm³/mol. The smallest absolute Gasteiger partial charge is 0.466 e. The fraction of sp³-hybridized carbons (Fsp3) is 0.333. The van der Waals surface area contributed by atoms with Crippen LogP contribution in [0.2, 0.25) is 0 Å². The molecule has 1 aliphatic rings. The van der Waals surface area contributed by atoms with Crippen molar-refractivity contribution in [2.45, 2.75) is 52.3 Å². The summed E-state index contributed by atoms with van der Waals surface area (Å²) in [5.74, 6) is -0.207. The number of alkyl halides is 3. The molecule has 1 aliphatic carbocycles. The Bertz CT molecular complexity index is 1820. The highest BCUT2D eigenvalue weighted by Gasteiger charge is 2.32. The summed E-state index contributed by atoms with van der Waals surface area (Å²) in [6, 6.07) is 9.96. The average Bonchev–Trinajstić information content (AvgIpc) is 3.68. The predicted octanol–water partition coefficient (Wildman–Crippen LogP) is 6.78. The molecule has 0 spiro atoms. The second-order valence-corrected chi connectivity index (χ2v) is 10.4. The van der Waals surface area contributed by atoms with Crippen molar-refractivity contribution in [2.75, 3.05) is 6.61 Å². The van der Waals surface area contributed by atoms with Crippen molar-refractivity contribution < 1.29 is 32.0 Å². The number of nitrogens with zero attached hydrogens (tertiary/aromatic N) is 4. The van der Waals surface area contributed by atoms with Gasteiger partial charge in [0.05, 0.1) is 18.7 Å². The topological polar surface area (TPSA) is 108 Å². The number of fused-ring (bicyclic) bond motifs is 3. The number of halogens is 3. The first kappa shape index (κ1) is 27.6. The molecule has 3 aromatic heterocycles. The lowest BCUT2D eigenvalue weighted by Crippen LogP contribution is -2.17. The molecule has 1 atom stereocenters. The lowest BCUT2D eigenvalue weighted by atomic mass is 10.0. The van der Waals surface area contributed by atoms with Gasteiger partial charge in [-0.05, 0) is 81.1 Å². The Morgan fingerprint density at radius 1 is 1.14 bits per heavy atom. The van der Waals surface area contributed by atoms with Crippen molar-refractivity contribution in [1.29, 1.82) is 0 Å².